The van der Waals surface area contributed by atoms with Crippen LogP contribution in [0.2, 0.25) is 0 Å². The fourth-order valence-corrected chi connectivity index (χ4v) is 3.82. The summed E-state index contributed by atoms with van der Waals surface area (Å²) in [6.45, 7) is -0.158. The maximum Gasteiger partial charge on any atom is 0.239 e. The molecule has 0 aliphatic carbocycles. The molecule has 1 saturated heterocycles. The Balaban J connectivity index is 1.91. The van der Waals surface area contributed by atoms with Gasteiger partial charge in [-0.1, -0.05) is 6.07 Å². The van der Waals surface area contributed by atoms with Crippen molar-refractivity contribution in [1.29, 1.82) is 5.26 Å². The fourth-order valence-electron chi connectivity index (χ4n) is 2.15. The number of amides is 1. The highest BCUT2D eigenvalue weighted by molar-refractivity contribution is 7.91. The van der Waals surface area contributed by atoms with Gasteiger partial charge < -0.3 is 10.6 Å². The number of carbonyl (C=O) groups is 1. The number of nitrogens with one attached hydrogen (secondary N) is 2. The van der Waals surface area contributed by atoms with E-state index in [4.69, 9.17) is 5.26 Å². The summed E-state index contributed by atoms with van der Waals surface area (Å²) in [6.07, 6.45) is 0.400. The van der Waals surface area contributed by atoms with Crippen molar-refractivity contribution < 1.29 is 17.6 Å². The van der Waals surface area contributed by atoms with Crippen LogP contribution in [0.25, 0.3) is 0 Å². The predicted molar refractivity (Wildman–Crippen MR) is 74.8 cm³/mol. The van der Waals surface area contributed by atoms with Crippen molar-refractivity contribution in [3.8, 4) is 6.07 Å². The van der Waals surface area contributed by atoms with Gasteiger partial charge in [0.25, 0.3) is 0 Å². The number of hydrogen-bond donors (Lipinski definition) is 2. The maximum absolute atomic E-state index is 13.4. The number of rotatable bonds is 4. The number of nitriles is 1. The molecule has 2 N–H and O–H groups in total. The predicted octanol–water partition coefficient (Wildman–Crippen LogP) is 0.413. The van der Waals surface area contributed by atoms with E-state index < -0.39 is 21.6 Å². The summed E-state index contributed by atoms with van der Waals surface area (Å²) in [5.41, 5.74) is 0.0698. The highest BCUT2D eigenvalue weighted by Crippen LogP contribution is 2.17. The van der Waals surface area contributed by atoms with Crippen molar-refractivity contribution in [1.82, 2.24) is 5.32 Å². The van der Waals surface area contributed by atoms with Crippen LogP contribution in [0.1, 0.15) is 12.0 Å². The highest BCUT2D eigenvalue weighted by Gasteiger charge is 2.28. The topological polar surface area (TPSA) is 99.1 Å². The normalized spacial score (nSPS) is 19.7. The molecule has 21 heavy (non-hydrogen) atoms. The molecule has 1 aliphatic heterocycles. The Morgan fingerprint density at radius 2 is 2.24 bits per heavy atom. The van der Waals surface area contributed by atoms with Crippen LogP contribution < -0.4 is 10.6 Å². The Morgan fingerprint density at radius 3 is 2.86 bits per heavy atom. The maximum atomic E-state index is 13.4. The first-order valence-corrected chi connectivity index (χ1v) is 8.16. The van der Waals surface area contributed by atoms with E-state index in [0.29, 0.717) is 6.42 Å². The highest BCUT2D eigenvalue weighted by atomic mass is 32.2. The summed E-state index contributed by atoms with van der Waals surface area (Å²) < 4.78 is 35.9. The number of halogens is 1. The van der Waals surface area contributed by atoms with E-state index in [2.05, 4.69) is 10.6 Å². The van der Waals surface area contributed by atoms with Crippen LogP contribution in [0.15, 0.2) is 18.2 Å². The third kappa shape index (κ3) is 3.92. The lowest BCUT2D eigenvalue weighted by molar-refractivity contribution is -0.119. The molecule has 1 heterocycles. The van der Waals surface area contributed by atoms with E-state index >= 15 is 0 Å². The van der Waals surface area contributed by atoms with Crippen molar-refractivity contribution in [2.75, 3.05) is 23.4 Å². The summed E-state index contributed by atoms with van der Waals surface area (Å²) >= 11 is 0. The number of sulfone groups is 1. The molecule has 1 atom stereocenters. The minimum atomic E-state index is -3.05. The van der Waals surface area contributed by atoms with Gasteiger partial charge in [0.05, 0.1) is 23.7 Å². The van der Waals surface area contributed by atoms with E-state index in [-0.39, 0.29) is 35.3 Å². The average molecular weight is 311 g/mol. The molecule has 6 nitrogen and oxygen atoms in total. The van der Waals surface area contributed by atoms with Crippen LogP contribution in [0.3, 0.4) is 0 Å². The molecule has 1 aromatic rings. The Bertz CT molecular complexity index is 697. The second kappa shape index (κ2) is 6.10. The molecule has 1 amide bonds. The number of benzene rings is 1. The van der Waals surface area contributed by atoms with Gasteiger partial charge in [-0.05, 0) is 18.6 Å². The first-order valence-electron chi connectivity index (χ1n) is 6.33. The molecule has 2 rings (SSSR count). The molecule has 8 heteroatoms. The van der Waals surface area contributed by atoms with Gasteiger partial charge in [0.15, 0.2) is 9.84 Å². The van der Waals surface area contributed by atoms with E-state index in [1.165, 1.54) is 12.1 Å². The summed E-state index contributed by atoms with van der Waals surface area (Å²) in [7, 11) is -3.05. The van der Waals surface area contributed by atoms with Crippen LogP contribution >= 0.6 is 0 Å². The van der Waals surface area contributed by atoms with Gasteiger partial charge in [-0.3, -0.25) is 4.79 Å². The van der Waals surface area contributed by atoms with Gasteiger partial charge in [-0.2, -0.15) is 5.26 Å². The van der Waals surface area contributed by atoms with Gasteiger partial charge in [0, 0.05) is 6.04 Å². The standard InChI is InChI=1S/C13H14FN3O3S/c14-11-2-1-3-12(10(11)6-15)16-7-13(18)17-9-4-5-21(19,20)8-9/h1-3,9,16H,4-5,7-8H2,(H,17,18)/t9-/m1/s1. The Hall–Kier alpha value is -2.14. The van der Waals surface area contributed by atoms with Crippen molar-refractivity contribution in [3.05, 3.63) is 29.6 Å². The SMILES string of the molecule is N#Cc1c(F)cccc1NCC(=O)N[C@@H]1CCS(=O)(=O)C1. The van der Waals surface area contributed by atoms with E-state index in [1.807, 2.05) is 0 Å². The summed E-state index contributed by atoms with van der Waals surface area (Å²) in [5, 5.41) is 14.1. The first-order chi connectivity index (χ1) is 9.91. The largest absolute Gasteiger partial charge is 0.375 e. The zero-order valence-corrected chi connectivity index (χ0v) is 11.9. The number of carbonyl (C=O) groups excluding carboxylic acids is 1. The molecule has 0 aromatic heterocycles. The third-order valence-corrected chi connectivity index (χ3v) is 4.93. The third-order valence-electron chi connectivity index (χ3n) is 3.16. The lowest BCUT2D eigenvalue weighted by Gasteiger charge is -2.12. The van der Waals surface area contributed by atoms with Gasteiger partial charge in [-0.15, -0.1) is 0 Å². The zero-order valence-electron chi connectivity index (χ0n) is 11.1. The molecular formula is C13H14FN3O3S. The van der Waals surface area contributed by atoms with Gasteiger partial charge in [0.2, 0.25) is 5.91 Å². The Kier molecular flexibility index (Phi) is 4.43. The number of hydrogen-bond acceptors (Lipinski definition) is 5. The number of nitrogens with zero attached hydrogens (tertiary/aromatic N) is 1. The van der Waals surface area contributed by atoms with E-state index in [9.17, 15) is 17.6 Å². The molecule has 0 radical (unpaired) electrons. The van der Waals surface area contributed by atoms with Gasteiger partial charge in [-0.25, -0.2) is 12.8 Å². The molecule has 112 valence electrons. The van der Waals surface area contributed by atoms with Crippen LogP contribution in [0, 0.1) is 17.1 Å². The summed E-state index contributed by atoms with van der Waals surface area (Å²) in [6, 6.07) is 5.43. The molecule has 0 spiro atoms. The van der Waals surface area contributed by atoms with Crippen LogP contribution in [-0.4, -0.2) is 38.4 Å². The second-order valence-electron chi connectivity index (χ2n) is 4.80. The zero-order chi connectivity index (χ0) is 15.5. The second-order valence-corrected chi connectivity index (χ2v) is 7.02. The van der Waals surface area contributed by atoms with Crippen molar-refractivity contribution in [2.45, 2.75) is 12.5 Å². The molecule has 0 unspecified atom stereocenters. The quantitative estimate of drug-likeness (QED) is 0.839. The first kappa shape index (κ1) is 15.3. The Labute approximate surface area is 121 Å². The summed E-state index contributed by atoms with van der Waals surface area (Å²) in [5.74, 6) is -1.04. The lowest BCUT2D eigenvalue weighted by Crippen LogP contribution is -2.39. The lowest BCUT2D eigenvalue weighted by atomic mass is 10.2. The molecule has 0 bridgehead atoms. The molecule has 1 aliphatic rings. The Morgan fingerprint density at radius 1 is 1.48 bits per heavy atom. The number of anilines is 1. The van der Waals surface area contributed by atoms with Crippen molar-refractivity contribution in [2.24, 2.45) is 0 Å². The molecule has 1 aromatic carbocycles. The minimum absolute atomic E-state index is 0.0534. The average Bonchev–Trinajstić information content (AvgIpc) is 2.75. The fraction of sp³-hybridized carbons (Fsp3) is 0.385. The van der Waals surface area contributed by atoms with Crippen LogP contribution in [-0.2, 0) is 14.6 Å². The van der Waals surface area contributed by atoms with Crippen LogP contribution in [0.4, 0.5) is 10.1 Å². The van der Waals surface area contributed by atoms with Gasteiger partial charge in [0.1, 0.15) is 17.4 Å². The smallest absolute Gasteiger partial charge is 0.239 e. The van der Waals surface area contributed by atoms with E-state index in [1.54, 1.807) is 6.07 Å². The molecular weight excluding hydrogens is 297 g/mol. The summed E-state index contributed by atoms with van der Waals surface area (Å²) in [4.78, 5) is 11.7. The monoisotopic (exact) mass is 311 g/mol. The van der Waals surface area contributed by atoms with E-state index in [0.717, 1.165) is 6.07 Å². The minimum Gasteiger partial charge on any atom is -0.375 e. The molecule has 1 fully saturated rings. The van der Waals surface area contributed by atoms with Crippen molar-refractivity contribution >= 4 is 21.4 Å². The van der Waals surface area contributed by atoms with Crippen molar-refractivity contribution in [3.63, 3.8) is 0 Å². The van der Waals surface area contributed by atoms with Crippen LogP contribution in [0.5, 0.6) is 0 Å². The molecule has 0 saturated carbocycles. The van der Waals surface area contributed by atoms with Gasteiger partial charge >= 0.3 is 0 Å².